The van der Waals surface area contributed by atoms with Crippen molar-refractivity contribution in [3.05, 3.63) is 41.3 Å². The van der Waals surface area contributed by atoms with Crippen molar-refractivity contribution in [2.45, 2.75) is 32.4 Å². The molecule has 0 aromatic carbocycles. The van der Waals surface area contributed by atoms with E-state index in [2.05, 4.69) is 34.0 Å². The van der Waals surface area contributed by atoms with Gasteiger partial charge in [-0.1, -0.05) is 11.6 Å². The van der Waals surface area contributed by atoms with E-state index in [9.17, 15) is 4.79 Å². The van der Waals surface area contributed by atoms with Gasteiger partial charge in [0.05, 0.1) is 11.0 Å². The lowest BCUT2D eigenvalue weighted by Gasteiger charge is -2.45. The van der Waals surface area contributed by atoms with Gasteiger partial charge in [-0.05, 0) is 45.0 Å². The van der Waals surface area contributed by atoms with Crippen LogP contribution in [0.25, 0.3) is 16.6 Å². The highest BCUT2D eigenvalue weighted by Gasteiger charge is 2.33. The third-order valence-electron chi connectivity index (χ3n) is 5.64. The van der Waals surface area contributed by atoms with Crippen LogP contribution in [-0.2, 0) is 0 Å². The van der Waals surface area contributed by atoms with Gasteiger partial charge >= 0.3 is 6.03 Å². The van der Waals surface area contributed by atoms with Crippen molar-refractivity contribution in [1.82, 2.24) is 30.0 Å². The minimum Gasteiger partial charge on any atom is -0.390 e. The molecule has 0 unspecified atom stereocenters. The van der Waals surface area contributed by atoms with Gasteiger partial charge in [-0.15, -0.1) is 0 Å². The normalized spacial score (nSPS) is 19.8. The number of urea groups is 1. The zero-order valence-corrected chi connectivity index (χ0v) is 19.9. The van der Waals surface area contributed by atoms with Gasteiger partial charge in [-0.3, -0.25) is 9.88 Å². The summed E-state index contributed by atoms with van der Waals surface area (Å²) in [5.74, 6) is 0. The monoisotopic (exact) mass is 457 g/mol. The van der Waals surface area contributed by atoms with Gasteiger partial charge in [0.15, 0.2) is 0 Å². The molecule has 0 bridgehead atoms. The van der Waals surface area contributed by atoms with Crippen molar-refractivity contribution in [2.24, 2.45) is 0 Å². The minimum absolute atomic E-state index is 0.0799. The van der Waals surface area contributed by atoms with Crippen molar-refractivity contribution in [3.8, 4) is 0 Å². The van der Waals surface area contributed by atoms with Gasteiger partial charge in [0.1, 0.15) is 5.15 Å². The molecule has 0 aliphatic carbocycles. The maximum absolute atomic E-state index is 12.4. The van der Waals surface area contributed by atoms with Crippen LogP contribution in [0.3, 0.4) is 0 Å². The summed E-state index contributed by atoms with van der Waals surface area (Å²) in [6, 6.07) is 5.90. The summed E-state index contributed by atoms with van der Waals surface area (Å²) < 4.78 is 0. The molecule has 3 rings (SSSR count). The summed E-state index contributed by atoms with van der Waals surface area (Å²) in [4.78, 5) is 27.2. The fourth-order valence-corrected chi connectivity index (χ4v) is 4.31. The molecular weight excluding hydrogens is 426 g/mol. The Morgan fingerprint density at radius 2 is 2.00 bits per heavy atom. The summed E-state index contributed by atoms with van der Waals surface area (Å²) >= 11 is 5.99. The van der Waals surface area contributed by atoms with Crippen molar-refractivity contribution in [1.29, 1.82) is 5.41 Å². The third kappa shape index (κ3) is 5.75. The number of nitrogens with one attached hydrogen (secondary N) is 2. The van der Waals surface area contributed by atoms with Crippen LogP contribution in [0, 0.1) is 5.41 Å². The maximum atomic E-state index is 12.4. The lowest BCUT2D eigenvalue weighted by Crippen LogP contribution is -2.60. The van der Waals surface area contributed by atoms with Crippen molar-refractivity contribution < 1.29 is 4.79 Å². The van der Waals surface area contributed by atoms with Gasteiger partial charge in [0.25, 0.3) is 0 Å². The average Bonchev–Trinajstić information content (AvgIpc) is 2.75. The van der Waals surface area contributed by atoms with E-state index >= 15 is 0 Å². The molecule has 3 heterocycles. The Labute approximate surface area is 194 Å². The van der Waals surface area contributed by atoms with E-state index in [0.29, 0.717) is 10.7 Å². The number of halogens is 1. The summed E-state index contributed by atoms with van der Waals surface area (Å²) in [5, 5.41) is 11.5. The fourth-order valence-electron chi connectivity index (χ4n) is 4.16. The zero-order chi connectivity index (χ0) is 23.3. The molecule has 172 valence electrons. The molecule has 1 fully saturated rings. The highest BCUT2D eigenvalue weighted by atomic mass is 35.5. The van der Waals surface area contributed by atoms with E-state index in [1.165, 1.54) is 6.21 Å². The van der Waals surface area contributed by atoms with Gasteiger partial charge in [0.2, 0.25) is 0 Å². The Hall–Kier alpha value is -2.71. The van der Waals surface area contributed by atoms with Gasteiger partial charge < -0.3 is 20.5 Å². The maximum Gasteiger partial charge on any atom is 0.320 e. The molecular formula is C23H32ClN7O. The minimum atomic E-state index is 0.0799. The Morgan fingerprint density at radius 1 is 1.28 bits per heavy atom. The Kier molecular flexibility index (Phi) is 8.04. The van der Waals surface area contributed by atoms with Crippen LogP contribution in [-0.4, -0.2) is 89.3 Å². The SMILES string of the molecule is C[C@@H]1CN(CCCN/C=C(\C=N)c2cnc3ccc(Cl)nc3c2)C[C@H](C)N1C(=O)N(C)C. The van der Waals surface area contributed by atoms with Crippen LogP contribution >= 0.6 is 11.6 Å². The van der Waals surface area contributed by atoms with Crippen LogP contribution in [0.1, 0.15) is 25.8 Å². The van der Waals surface area contributed by atoms with Crippen LogP contribution < -0.4 is 5.32 Å². The summed E-state index contributed by atoms with van der Waals surface area (Å²) in [6.45, 7) is 7.73. The van der Waals surface area contributed by atoms with E-state index in [1.54, 1.807) is 31.3 Å². The van der Waals surface area contributed by atoms with Gasteiger partial charge in [-0.2, -0.15) is 0 Å². The van der Waals surface area contributed by atoms with E-state index in [1.807, 2.05) is 23.2 Å². The molecule has 8 nitrogen and oxygen atoms in total. The molecule has 1 saturated heterocycles. The summed E-state index contributed by atoms with van der Waals surface area (Å²) in [7, 11) is 3.60. The van der Waals surface area contributed by atoms with Crippen molar-refractivity contribution in [3.63, 3.8) is 0 Å². The number of rotatable bonds is 7. The number of nitrogens with zero attached hydrogens (tertiary/aromatic N) is 5. The molecule has 0 saturated carbocycles. The lowest BCUT2D eigenvalue weighted by molar-refractivity contribution is 0.0530. The van der Waals surface area contributed by atoms with E-state index in [0.717, 1.165) is 49.3 Å². The lowest BCUT2D eigenvalue weighted by atomic mass is 10.1. The molecule has 2 amide bonds. The third-order valence-corrected chi connectivity index (χ3v) is 5.85. The molecule has 1 aliphatic rings. The molecule has 1 aliphatic heterocycles. The van der Waals surface area contributed by atoms with Crippen LogP contribution in [0.15, 0.2) is 30.6 Å². The predicted octanol–water partition coefficient (Wildman–Crippen LogP) is 3.33. The second kappa shape index (κ2) is 10.7. The largest absolute Gasteiger partial charge is 0.390 e. The van der Waals surface area contributed by atoms with Gasteiger partial charge in [0, 0.05) is 75.6 Å². The standard InChI is InChI=1S/C23H32ClN7O/c1-16-14-30(15-17(2)31(16)23(32)29(3)4)9-5-8-26-12-19(11-25)18-10-21-20(27-13-18)6-7-22(24)28-21/h6-7,10-13,16-17,25-26H,5,8-9,14-15H2,1-4H3/b19-12+,25-11?/t16-,17+. The number of hydrogen-bond acceptors (Lipinski definition) is 6. The molecule has 9 heteroatoms. The average molecular weight is 458 g/mol. The van der Waals surface area contributed by atoms with Crippen LogP contribution in [0.2, 0.25) is 5.15 Å². The van der Waals surface area contributed by atoms with Crippen LogP contribution in [0.4, 0.5) is 4.79 Å². The number of aromatic nitrogens is 2. The van der Waals surface area contributed by atoms with Gasteiger partial charge in [-0.25, -0.2) is 9.78 Å². The number of allylic oxidation sites excluding steroid dienone is 1. The second-order valence-electron chi connectivity index (χ2n) is 8.49. The molecule has 0 radical (unpaired) electrons. The van der Waals surface area contributed by atoms with E-state index < -0.39 is 0 Å². The Balaban J connectivity index is 1.51. The highest BCUT2D eigenvalue weighted by molar-refractivity contribution is 6.29. The number of hydrogen-bond donors (Lipinski definition) is 2. The molecule has 0 spiro atoms. The first-order valence-corrected chi connectivity index (χ1v) is 11.3. The molecule has 32 heavy (non-hydrogen) atoms. The first kappa shape index (κ1) is 23.9. The molecule has 2 N–H and O–H groups in total. The topological polar surface area (TPSA) is 88.5 Å². The number of carbonyl (C=O) groups is 1. The first-order chi connectivity index (χ1) is 15.3. The van der Waals surface area contributed by atoms with Crippen molar-refractivity contribution >= 4 is 40.5 Å². The molecule has 2 aromatic heterocycles. The number of piperazine rings is 1. The van der Waals surface area contributed by atoms with E-state index in [4.69, 9.17) is 17.0 Å². The number of carbonyl (C=O) groups excluding carboxylic acids is 1. The molecule has 2 atom stereocenters. The fraction of sp³-hybridized carbons (Fsp3) is 0.478. The Bertz CT molecular complexity index is 981. The summed E-state index contributed by atoms with van der Waals surface area (Å²) in [6.07, 6.45) is 5.87. The highest BCUT2D eigenvalue weighted by Crippen LogP contribution is 2.19. The van der Waals surface area contributed by atoms with E-state index in [-0.39, 0.29) is 18.1 Å². The quantitative estimate of drug-likeness (QED) is 0.378. The second-order valence-corrected chi connectivity index (χ2v) is 8.88. The van der Waals surface area contributed by atoms with Crippen molar-refractivity contribution in [2.75, 3.05) is 40.3 Å². The van der Waals surface area contributed by atoms with Crippen LogP contribution in [0.5, 0.6) is 0 Å². The molecule has 2 aromatic rings. The summed E-state index contributed by atoms with van der Waals surface area (Å²) in [5.41, 5.74) is 3.03. The number of fused-ring (bicyclic) bond motifs is 1. The number of amides is 2. The number of pyridine rings is 2. The first-order valence-electron chi connectivity index (χ1n) is 10.9. The zero-order valence-electron chi connectivity index (χ0n) is 19.2. The smallest absolute Gasteiger partial charge is 0.320 e. The Morgan fingerprint density at radius 3 is 2.66 bits per heavy atom. The predicted molar refractivity (Wildman–Crippen MR) is 130 cm³/mol.